The van der Waals surface area contributed by atoms with Gasteiger partial charge in [-0.2, -0.15) is 0 Å². The Hall–Kier alpha value is -0.750. The average Bonchev–Trinajstić information content (AvgIpc) is 2.12. The fourth-order valence-electron chi connectivity index (χ4n) is 0.623. The van der Waals surface area contributed by atoms with Crippen LogP contribution in [0.1, 0.15) is 0 Å². The van der Waals surface area contributed by atoms with E-state index in [4.69, 9.17) is 6.57 Å². The van der Waals surface area contributed by atoms with E-state index in [9.17, 15) is 0 Å². The lowest BCUT2D eigenvalue weighted by atomic mass is 10.6. The van der Waals surface area contributed by atoms with Crippen LogP contribution in [0.4, 0.5) is 5.82 Å². The summed E-state index contributed by atoms with van der Waals surface area (Å²) in [6.07, 6.45) is 1.84. The molecule has 0 unspecified atom stereocenters. The molecule has 0 fully saturated rings. The summed E-state index contributed by atoms with van der Waals surface area (Å²) < 4.78 is 2.64. The standard InChI is InChI=1S/C6H5BrN2/c1-8-6-5(7)3-4-9(6)2/h3-4H,2H3. The minimum atomic E-state index is 0.648. The summed E-state index contributed by atoms with van der Waals surface area (Å²) >= 11 is 3.24. The Morgan fingerprint density at radius 2 is 2.44 bits per heavy atom. The summed E-state index contributed by atoms with van der Waals surface area (Å²) in [6.45, 7) is 6.72. The summed E-state index contributed by atoms with van der Waals surface area (Å²) in [4.78, 5) is 3.30. The molecular weight excluding hydrogens is 180 g/mol. The SMILES string of the molecule is [C-]#[N+]c1c(Br)ccn1C. The van der Waals surface area contributed by atoms with Crippen LogP contribution in [0.3, 0.4) is 0 Å². The summed E-state index contributed by atoms with van der Waals surface area (Å²) in [5.74, 6) is 0.648. The zero-order valence-electron chi connectivity index (χ0n) is 4.93. The Morgan fingerprint density at radius 3 is 2.67 bits per heavy atom. The molecule has 0 aliphatic heterocycles. The second kappa shape index (κ2) is 2.24. The molecule has 3 heteroatoms. The van der Waals surface area contributed by atoms with Gasteiger partial charge in [-0.25, -0.2) is 0 Å². The average molecular weight is 185 g/mol. The second-order valence-electron chi connectivity index (χ2n) is 1.71. The lowest BCUT2D eigenvalue weighted by molar-refractivity contribution is 0.946. The van der Waals surface area contributed by atoms with Gasteiger partial charge >= 0.3 is 0 Å². The van der Waals surface area contributed by atoms with E-state index in [1.165, 1.54) is 0 Å². The van der Waals surface area contributed by atoms with E-state index in [2.05, 4.69) is 20.8 Å². The van der Waals surface area contributed by atoms with Gasteiger partial charge in [-0.05, 0) is 6.07 Å². The van der Waals surface area contributed by atoms with Crippen LogP contribution in [0, 0.1) is 6.57 Å². The molecule has 0 saturated heterocycles. The number of hydrogen-bond acceptors (Lipinski definition) is 0. The second-order valence-corrected chi connectivity index (χ2v) is 2.56. The third kappa shape index (κ3) is 0.984. The summed E-state index contributed by atoms with van der Waals surface area (Å²) in [5, 5.41) is 0. The molecule has 1 heterocycles. The zero-order valence-corrected chi connectivity index (χ0v) is 6.51. The fraction of sp³-hybridized carbons (Fsp3) is 0.167. The molecular formula is C6H5BrN2. The van der Waals surface area contributed by atoms with Crippen molar-refractivity contribution in [1.82, 2.24) is 4.57 Å². The normalized spacial score (nSPS) is 9.00. The molecule has 9 heavy (non-hydrogen) atoms. The number of aromatic nitrogens is 1. The van der Waals surface area contributed by atoms with Gasteiger partial charge in [-0.15, -0.1) is 0 Å². The third-order valence-electron chi connectivity index (χ3n) is 1.10. The topological polar surface area (TPSA) is 9.29 Å². The maximum absolute atomic E-state index is 6.72. The van der Waals surface area contributed by atoms with E-state index >= 15 is 0 Å². The molecule has 0 bridgehead atoms. The number of rotatable bonds is 0. The van der Waals surface area contributed by atoms with Crippen LogP contribution in [0.25, 0.3) is 4.85 Å². The zero-order chi connectivity index (χ0) is 6.85. The molecule has 0 atom stereocenters. The molecule has 2 nitrogen and oxygen atoms in total. The molecule has 0 spiro atoms. The molecule has 0 aliphatic rings. The molecule has 0 amide bonds. The Bertz CT molecular complexity index is 237. The minimum absolute atomic E-state index is 0.648. The third-order valence-corrected chi connectivity index (χ3v) is 1.72. The van der Waals surface area contributed by atoms with Crippen LogP contribution in [0.5, 0.6) is 0 Å². The lowest BCUT2D eigenvalue weighted by Gasteiger charge is -1.89. The van der Waals surface area contributed by atoms with Crippen LogP contribution in [0.2, 0.25) is 0 Å². The number of hydrogen-bond donors (Lipinski definition) is 0. The van der Waals surface area contributed by atoms with Crippen LogP contribution in [-0.4, -0.2) is 4.57 Å². The Labute approximate surface area is 62.1 Å². The van der Waals surface area contributed by atoms with Gasteiger partial charge in [0.05, 0.1) is 13.2 Å². The van der Waals surface area contributed by atoms with Crippen molar-refractivity contribution in [3.63, 3.8) is 0 Å². The summed E-state index contributed by atoms with van der Waals surface area (Å²) in [7, 11) is 1.85. The molecule has 1 aromatic heterocycles. The van der Waals surface area contributed by atoms with Gasteiger partial charge in [-0.3, -0.25) is 0 Å². The summed E-state index contributed by atoms with van der Waals surface area (Å²) in [5.41, 5.74) is 0. The number of halogens is 1. The lowest BCUT2D eigenvalue weighted by Crippen LogP contribution is -1.79. The Morgan fingerprint density at radius 1 is 1.78 bits per heavy atom. The molecule has 0 aliphatic carbocycles. The highest BCUT2D eigenvalue weighted by atomic mass is 79.9. The monoisotopic (exact) mass is 184 g/mol. The van der Waals surface area contributed by atoms with Gasteiger partial charge in [0.25, 0.3) is 0 Å². The van der Waals surface area contributed by atoms with Gasteiger partial charge in [0, 0.05) is 4.47 Å². The Balaban J connectivity index is 3.27. The van der Waals surface area contributed by atoms with Gasteiger partial charge in [0.1, 0.15) is 0 Å². The first-order chi connectivity index (χ1) is 4.25. The molecule has 0 aromatic carbocycles. The number of aryl methyl sites for hydroxylation is 1. The number of nitrogens with zero attached hydrogens (tertiary/aromatic N) is 2. The van der Waals surface area contributed by atoms with Crippen molar-refractivity contribution >= 4 is 21.7 Å². The van der Waals surface area contributed by atoms with Crippen LogP contribution < -0.4 is 0 Å². The molecule has 46 valence electrons. The highest BCUT2D eigenvalue weighted by molar-refractivity contribution is 9.10. The van der Waals surface area contributed by atoms with Crippen LogP contribution in [0.15, 0.2) is 16.7 Å². The van der Waals surface area contributed by atoms with E-state index in [1.54, 1.807) is 4.57 Å². The minimum Gasteiger partial charge on any atom is -0.363 e. The molecule has 1 rings (SSSR count). The van der Waals surface area contributed by atoms with E-state index in [-0.39, 0.29) is 0 Å². The quantitative estimate of drug-likeness (QED) is 0.548. The first-order valence-corrected chi connectivity index (χ1v) is 3.23. The first kappa shape index (κ1) is 6.37. The van der Waals surface area contributed by atoms with E-state index in [0.717, 1.165) is 4.47 Å². The van der Waals surface area contributed by atoms with Gasteiger partial charge in [0.2, 0.25) is 5.82 Å². The predicted molar refractivity (Wildman–Crippen MR) is 39.4 cm³/mol. The maximum atomic E-state index is 6.72. The molecule has 0 radical (unpaired) electrons. The van der Waals surface area contributed by atoms with Crippen LogP contribution >= 0.6 is 15.9 Å². The van der Waals surface area contributed by atoms with Crippen molar-refractivity contribution in [1.29, 1.82) is 0 Å². The van der Waals surface area contributed by atoms with Crippen molar-refractivity contribution in [3.05, 3.63) is 28.2 Å². The van der Waals surface area contributed by atoms with Crippen LogP contribution in [-0.2, 0) is 7.05 Å². The molecule has 0 N–H and O–H groups in total. The van der Waals surface area contributed by atoms with Crippen molar-refractivity contribution < 1.29 is 0 Å². The predicted octanol–water partition coefficient (Wildman–Crippen LogP) is 2.34. The van der Waals surface area contributed by atoms with Crippen molar-refractivity contribution in [2.45, 2.75) is 0 Å². The van der Waals surface area contributed by atoms with E-state index in [0.29, 0.717) is 5.82 Å². The van der Waals surface area contributed by atoms with Gasteiger partial charge < -0.3 is 9.41 Å². The van der Waals surface area contributed by atoms with E-state index < -0.39 is 0 Å². The Kier molecular flexibility index (Phi) is 1.58. The van der Waals surface area contributed by atoms with Crippen molar-refractivity contribution in [3.8, 4) is 0 Å². The molecule has 0 saturated carbocycles. The van der Waals surface area contributed by atoms with E-state index in [1.807, 2.05) is 19.3 Å². The van der Waals surface area contributed by atoms with Gasteiger partial charge in [0.15, 0.2) is 0 Å². The highest BCUT2D eigenvalue weighted by Gasteiger charge is 2.00. The summed E-state index contributed by atoms with van der Waals surface area (Å²) in [6, 6.07) is 1.85. The highest BCUT2D eigenvalue weighted by Crippen LogP contribution is 2.24. The largest absolute Gasteiger partial charge is 0.363 e. The van der Waals surface area contributed by atoms with Crippen molar-refractivity contribution in [2.24, 2.45) is 7.05 Å². The maximum Gasteiger partial charge on any atom is 0.244 e. The first-order valence-electron chi connectivity index (χ1n) is 2.44. The van der Waals surface area contributed by atoms with Crippen molar-refractivity contribution in [2.75, 3.05) is 0 Å². The van der Waals surface area contributed by atoms with Gasteiger partial charge in [-0.1, -0.05) is 22.5 Å². The fourth-order valence-corrected chi connectivity index (χ4v) is 1.11. The molecule has 1 aromatic rings. The smallest absolute Gasteiger partial charge is 0.244 e.